The maximum atomic E-state index is 10.9. The highest BCUT2D eigenvalue weighted by Crippen LogP contribution is 2.31. The molecule has 1 rings (SSSR count). The van der Waals surface area contributed by atoms with Gasteiger partial charge in [-0.1, -0.05) is 0 Å². The third kappa shape index (κ3) is 1.41. The van der Waals surface area contributed by atoms with Crippen LogP contribution in [0.2, 0.25) is 0 Å². The molecule has 0 saturated heterocycles. The molecule has 0 unspecified atom stereocenters. The maximum absolute atomic E-state index is 10.9. The molecule has 0 aliphatic rings. The first-order valence-electron chi connectivity index (χ1n) is 4.64. The van der Waals surface area contributed by atoms with Crippen molar-refractivity contribution in [3.63, 3.8) is 0 Å². The molecular formula is C12H16O2. The summed E-state index contributed by atoms with van der Waals surface area (Å²) in [6.45, 7) is 7.86. The van der Waals surface area contributed by atoms with Crippen LogP contribution < -0.4 is 4.74 Å². The zero-order valence-corrected chi connectivity index (χ0v) is 9.39. The Hall–Kier alpha value is -1.31. The fourth-order valence-corrected chi connectivity index (χ4v) is 1.79. The molecule has 0 atom stereocenters. The van der Waals surface area contributed by atoms with E-state index in [2.05, 4.69) is 0 Å². The number of carbonyl (C=O) groups is 1. The number of carbonyl (C=O) groups excluding carboxylic acids is 1. The molecule has 0 heterocycles. The van der Waals surface area contributed by atoms with Gasteiger partial charge in [-0.2, -0.15) is 0 Å². The van der Waals surface area contributed by atoms with Crippen LogP contribution in [0.5, 0.6) is 5.75 Å². The Morgan fingerprint density at radius 1 is 0.929 bits per heavy atom. The largest absolute Gasteiger partial charge is 0.496 e. The van der Waals surface area contributed by atoms with E-state index in [1.165, 1.54) is 0 Å². The van der Waals surface area contributed by atoms with Crippen LogP contribution >= 0.6 is 0 Å². The van der Waals surface area contributed by atoms with Gasteiger partial charge in [0.1, 0.15) is 5.75 Å². The van der Waals surface area contributed by atoms with Gasteiger partial charge in [0.05, 0.1) is 7.11 Å². The molecule has 0 radical (unpaired) electrons. The number of rotatable bonds is 2. The van der Waals surface area contributed by atoms with Crippen LogP contribution in [0.3, 0.4) is 0 Å². The fraction of sp³-hybridized carbons (Fsp3) is 0.417. The van der Waals surface area contributed by atoms with E-state index in [1.54, 1.807) is 7.11 Å². The molecule has 2 nitrogen and oxygen atoms in total. The van der Waals surface area contributed by atoms with E-state index in [-0.39, 0.29) is 0 Å². The second kappa shape index (κ2) is 3.82. The zero-order chi connectivity index (χ0) is 10.9. The average Bonchev–Trinajstić information content (AvgIpc) is 2.17. The molecular weight excluding hydrogens is 176 g/mol. The summed E-state index contributed by atoms with van der Waals surface area (Å²) in [4.78, 5) is 10.9. The molecule has 0 aliphatic heterocycles. The van der Waals surface area contributed by atoms with Gasteiger partial charge in [0, 0.05) is 5.56 Å². The zero-order valence-electron chi connectivity index (χ0n) is 9.39. The van der Waals surface area contributed by atoms with Crippen LogP contribution in [0.15, 0.2) is 0 Å². The molecule has 14 heavy (non-hydrogen) atoms. The van der Waals surface area contributed by atoms with E-state index in [0.717, 1.165) is 39.9 Å². The van der Waals surface area contributed by atoms with E-state index >= 15 is 0 Å². The highest BCUT2D eigenvalue weighted by atomic mass is 16.5. The van der Waals surface area contributed by atoms with Gasteiger partial charge in [-0.3, -0.25) is 4.79 Å². The predicted octanol–water partition coefficient (Wildman–Crippen LogP) is 2.74. The Labute approximate surface area is 84.9 Å². The normalized spacial score (nSPS) is 10.1. The summed E-state index contributed by atoms with van der Waals surface area (Å²) in [6, 6.07) is 0. The van der Waals surface area contributed by atoms with Gasteiger partial charge in [0.15, 0.2) is 6.29 Å². The lowest BCUT2D eigenvalue weighted by molar-refractivity contribution is 0.112. The Kier molecular flexibility index (Phi) is 2.94. The highest BCUT2D eigenvalue weighted by molar-refractivity contribution is 5.82. The van der Waals surface area contributed by atoms with Crippen molar-refractivity contribution in [1.29, 1.82) is 0 Å². The number of aldehydes is 1. The van der Waals surface area contributed by atoms with E-state index in [9.17, 15) is 4.79 Å². The molecule has 1 aromatic carbocycles. The minimum Gasteiger partial charge on any atom is -0.496 e. The average molecular weight is 192 g/mol. The molecule has 76 valence electrons. The van der Waals surface area contributed by atoms with Gasteiger partial charge in [-0.25, -0.2) is 0 Å². The third-order valence-electron chi connectivity index (χ3n) is 2.94. The van der Waals surface area contributed by atoms with Gasteiger partial charge in [-0.05, 0) is 49.9 Å². The summed E-state index contributed by atoms with van der Waals surface area (Å²) in [7, 11) is 1.66. The molecule has 0 aromatic heterocycles. The second-order valence-electron chi connectivity index (χ2n) is 3.56. The third-order valence-corrected chi connectivity index (χ3v) is 2.94. The summed E-state index contributed by atoms with van der Waals surface area (Å²) in [5, 5.41) is 0. The van der Waals surface area contributed by atoms with Crippen LogP contribution in [0.1, 0.15) is 32.6 Å². The quantitative estimate of drug-likeness (QED) is 0.673. The van der Waals surface area contributed by atoms with Crippen LogP contribution in [0.4, 0.5) is 0 Å². The molecule has 0 amide bonds. The van der Waals surface area contributed by atoms with Crippen LogP contribution in [-0.4, -0.2) is 13.4 Å². The molecule has 2 heteroatoms. The summed E-state index contributed by atoms with van der Waals surface area (Å²) >= 11 is 0. The summed E-state index contributed by atoms with van der Waals surface area (Å²) in [5.74, 6) is 0.894. The van der Waals surface area contributed by atoms with E-state index in [0.29, 0.717) is 0 Å². The number of benzene rings is 1. The Bertz CT molecular complexity index is 349. The minimum absolute atomic E-state index is 0.792. The van der Waals surface area contributed by atoms with Crippen molar-refractivity contribution >= 4 is 6.29 Å². The number of hydrogen-bond donors (Lipinski definition) is 0. The lowest BCUT2D eigenvalue weighted by Crippen LogP contribution is -2.02. The smallest absolute Gasteiger partial charge is 0.150 e. The van der Waals surface area contributed by atoms with E-state index in [4.69, 9.17) is 4.74 Å². The Balaban J connectivity index is 3.63. The van der Waals surface area contributed by atoms with Crippen molar-refractivity contribution < 1.29 is 9.53 Å². The Morgan fingerprint density at radius 3 is 1.64 bits per heavy atom. The van der Waals surface area contributed by atoms with Gasteiger partial charge < -0.3 is 4.74 Å². The predicted molar refractivity (Wildman–Crippen MR) is 57.3 cm³/mol. The number of hydrogen-bond acceptors (Lipinski definition) is 2. The summed E-state index contributed by atoms with van der Waals surface area (Å²) < 4.78 is 5.32. The highest BCUT2D eigenvalue weighted by Gasteiger charge is 2.13. The first-order chi connectivity index (χ1) is 6.54. The van der Waals surface area contributed by atoms with E-state index < -0.39 is 0 Å². The van der Waals surface area contributed by atoms with Crippen molar-refractivity contribution in [2.45, 2.75) is 27.7 Å². The first kappa shape index (κ1) is 10.8. The minimum atomic E-state index is 0.792. The molecule has 0 spiro atoms. The van der Waals surface area contributed by atoms with Gasteiger partial charge in [0.25, 0.3) is 0 Å². The van der Waals surface area contributed by atoms with Crippen molar-refractivity contribution in [1.82, 2.24) is 0 Å². The van der Waals surface area contributed by atoms with Crippen LogP contribution in [-0.2, 0) is 0 Å². The monoisotopic (exact) mass is 192 g/mol. The number of ether oxygens (including phenoxy) is 1. The standard InChI is InChI=1S/C12H16O2/c1-7-9(3)12(14-5)10(4)8(2)11(7)6-13/h6H,1-5H3. The molecule has 0 saturated carbocycles. The second-order valence-corrected chi connectivity index (χ2v) is 3.56. The molecule has 0 bridgehead atoms. The van der Waals surface area contributed by atoms with Crippen LogP contribution in [0, 0.1) is 27.7 Å². The lowest BCUT2D eigenvalue weighted by Gasteiger charge is -2.16. The van der Waals surface area contributed by atoms with Gasteiger partial charge in [0.2, 0.25) is 0 Å². The van der Waals surface area contributed by atoms with E-state index in [1.807, 2.05) is 27.7 Å². The van der Waals surface area contributed by atoms with Gasteiger partial charge >= 0.3 is 0 Å². The molecule has 1 aromatic rings. The van der Waals surface area contributed by atoms with Crippen molar-refractivity contribution in [2.75, 3.05) is 7.11 Å². The summed E-state index contributed by atoms with van der Waals surface area (Å²) in [5.41, 5.74) is 4.93. The first-order valence-corrected chi connectivity index (χ1v) is 4.64. The summed E-state index contributed by atoms with van der Waals surface area (Å²) in [6.07, 6.45) is 0.921. The maximum Gasteiger partial charge on any atom is 0.150 e. The van der Waals surface area contributed by atoms with Crippen molar-refractivity contribution in [2.24, 2.45) is 0 Å². The SMILES string of the molecule is COc1c(C)c(C)c(C=O)c(C)c1C. The topological polar surface area (TPSA) is 26.3 Å². The van der Waals surface area contributed by atoms with Gasteiger partial charge in [-0.15, -0.1) is 0 Å². The number of methoxy groups -OCH3 is 1. The lowest BCUT2D eigenvalue weighted by atomic mass is 9.94. The fourth-order valence-electron chi connectivity index (χ4n) is 1.79. The van der Waals surface area contributed by atoms with Crippen molar-refractivity contribution in [3.05, 3.63) is 27.8 Å². The molecule has 0 aliphatic carbocycles. The molecule has 0 N–H and O–H groups in total. The Morgan fingerprint density at radius 2 is 1.36 bits per heavy atom. The molecule has 0 fully saturated rings. The van der Waals surface area contributed by atoms with Crippen LogP contribution in [0.25, 0.3) is 0 Å². The van der Waals surface area contributed by atoms with Crippen molar-refractivity contribution in [3.8, 4) is 5.75 Å².